The summed E-state index contributed by atoms with van der Waals surface area (Å²) in [5, 5.41) is 8.38. The van der Waals surface area contributed by atoms with E-state index in [4.69, 9.17) is 0 Å². The van der Waals surface area contributed by atoms with Gasteiger partial charge in [-0.2, -0.15) is 0 Å². The summed E-state index contributed by atoms with van der Waals surface area (Å²) >= 11 is 1.87. The van der Waals surface area contributed by atoms with Gasteiger partial charge in [0, 0.05) is 35.9 Å². The molecule has 1 aliphatic heterocycles. The van der Waals surface area contributed by atoms with Crippen molar-refractivity contribution < 1.29 is 4.79 Å². The van der Waals surface area contributed by atoms with Crippen LogP contribution in [0, 0.1) is 6.92 Å². The summed E-state index contributed by atoms with van der Waals surface area (Å²) in [4.78, 5) is 19.4. The number of hydrogen-bond acceptors (Lipinski definition) is 5. The highest BCUT2D eigenvalue weighted by Gasteiger charge is 2.24. The summed E-state index contributed by atoms with van der Waals surface area (Å²) in [5.74, 6) is -0.0297. The third-order valence-corrected chi connectivity index (χ3v) is 5.80. The average Bonchev–Trinajstić information content (AvgIpc) is 3.25. The number of carbonyl (C=O) groups is 1. The van der Waals surface area contributed by atoms with Crippen LogP contribution < -0.4 is 0 Å². The molecule has 1 unspecified atom stereocenters. The Morgan fingerprint density at radius 2 is 2.16 bits per heavy atom. The van der Waals surface area contributed by atoms with Gasteiger partial charge < -0.3 is 4.90 Å². The number of carbonyl (C=O) groups excluding carboxylic acids is 1. The fraction of sp³-hybridized carbons (Fsp3) is 0.611. The number of hydrogen-bond donors (Lipinski definition) is 0. The minimum Gasteiger partial charge on any atom is -0.338 e. The summed E-state index contributed by atoms with van der Waals surface area (Å²) in [6.07, 6.45) is 4.06. The van der Waals surface area contributed by atoms with Crippen molar-refractivity contribution in [2.24, 2.45) is 0 Å². The standard InChI is InChI=1S/C18H27N5OS/c1-4-22(5-2)18(24)17-13-23(20-19-17)15-7-6-10-21(11-15)12-16-9-8-14(3)25-16/h8-9,13,15H,4-7,10-12H2,1-3H3. The van der Waals surface area contributed by atoms with E-state index in [2.05, 4.69) is 34.3 Å². The second-order valence-corrected chi connectivity index (χ2v) is 7.98. The van der Waals surface area contributed by atoms with Gasteiger partial charge >= 0.3 is 0 Å². The number of nitrogens with zero attached hydrogens (tertiary/aromatic N) is 5. The topological polar surface area (TPSA) is 54.3 Å². The number of amides is 1. The fourth-order valence-electron chi connectivity index (χ4n) is 3.41. The maximum absolute atomic E-state index is 12.4. The van der Waals surface area contributed by atoms with Crippen molar-refractivity contribution >= 4 is 17.2 Å². The van der Waals surface area contributed by atoms with Crippen LogP contribution in [0.2, 0.25) is 0 Å². The van der Waals surface area contributed by atoms with Crippen LogP contribution in [0.4, 0.5) is 0 Å². The van der Waals surface area contributed by atoms with Gasteiger partial charge in [0.2, 0.25) is 0 Å². The first-order valence-corrected chi connectivity index (χ1v) is 9.91. The van der Waals surface area contributed by atoms with Crippen LogP contribution in [0.25, 0.3) is 0 Å². The van der Waals surface area contributed by atoms with Crippen LogP contribution in [0.3, 0.4) is 0 Å². The van der Waals surface area contributed by atoms with Gasteiger partial charge in [-0.1, -0.05) is 5.21 Å². The molecule has 7 heteroatoms. The van der Waals surface area contributed by atoms with E-state index in [-0.39, 0.29) is 5.91 Å². The molecule has 2 aromatic rings. The number of aromatic nitrogens is 3. The molecule has 3 rings (SSSR count). The molecular formula is C18H27N5OS. The van der Waals surface area contributed by atoms with Crippen molar-refractivity contribution in [3.63, 3.8) is 0 Å². The van der Waals surface area contributed by atoms with E-state index < -0.39 is 0 Å². The van der Waals surface area contributed by atoms with Crippen LogP contribution >= 0.6 is 11.3 Å². The molecule has 136 valence electrons. The molecule has 0 aromatic carbocycles. The van der Waals surface area contributed by atoms with Gasteiger partial charge in [-0.05, 0) is 52.3 Å². The SMILES string of the molecule is CCN(CC)C(=O)c1cn(C2CCCN(Cc3ccc(C)s3)C2)nn1. The summed E-state index contributed by atoms with van der Waals surface area (Å²) in [6.45, 7) is 10.6. The molecule has 0 saturated carbocycles. The summed E-state index contributed by atoms with van der Waals surface area (Å²) in [7, 11) is 0. The Hall–Kier alpha value is -1.73. The highest BCUT2D eigenvalue weighted by molar-refractivity contribution is 7.11. The molecule has 1 amide bonds. The smallest absolute Gasteiger partial charge is 0.276 e. The van der Waals surface area contributed by atoms with E-state index in [1.165, 1.54) is 9.75 Å². The van der Waals surface area contributed by atoms with Crippen molar-refractivity contribution in [2.45, 2.75) is 46.2 Å². The molecular weight excluding hydrogens is 334 g/mol. The first-order valence-electron chi connectivity index (χ1n) is 9.09. The highest BCUT2D eigenvalue weighted by Crippen LogP contribution is 2.24. The number of likely N-dealkylation sites (tertiary alicyclic amines) is 1. The molecule has 6 nitrogen and oxygen atoms in total. The third-order valence-electron chi connectivity index (χ3n) is 4.81. The molecule has 0 radical (unpaired) electrons. The molecule has 3 heterocycles. The van der Waals surface area contributed by atoms with Crippen LogP contribution in [-0.2, 0) is 6.54 Å². The van der Waals surface area contributed by atoms with Gasteiger partial charge in [-0.3, -0.25) is 9.69 Å². The number of thiophene rings is 1. The molecule has 2 aromatic heterocycles. The molecule has 1 atom stereocenters. The summed E-state index contributed by atoms with van der Waals surface area (Å²) < 4.78 is 1.89. The summed E-state index contributed by atoms with van der Waals surface area (Å²) in [5.41, 5.74) is 0.453. The van der Waals surface area contributed by atoms with Gasteiger partial charge in [-0.25, -0.2) is 4.68 Å². The Morgan fingerprint density at radius 3 is 2.84 bits per heavy atom. The van der Waals surface area contributed by atoms with Crippen molar-refractivity contribution in [3.05, 3.63) is 33.8 Å². The van der Waals surface area contributed by atoms with Gasteiger partial charge in [-0.15, -0.1) is 16.4 Å². The van der Waals surface area contributed by atoms with E-state index >= 15 is 0 Å². The lowest BCUT2D eigenvalue weighted by Gasteiger charge is -2.32. The predicted molar refractivity (Wildman–Crippen MR) is 99.9 cm³/mol. The lowest BCUT2D eigenvalue weighted by molar-refractivity contribution is 0.0767. The first kappa shape index (κ1) is 18.1. The first-order chi connectivity index (χ1) is 12.1. The molecule has 0 spiro atoms. The monoisotopic (exact) mass is 361 g/mol. The molecule has 1 saturated heterocycles. The zero-order valence-corrected chi connectivity index (χ0v) is 16.1. The minimum absolute atomic E-state index is 0.0297. The molecule has 1 fully saturated rings. The van der Waals surface area contributed by atoms with Crippen molar-refractivity contribution in [3.8, 4) is 0 Å². The Kier molecular flexibility index (Phi) is 5.86. The molecule has 0 N–H and O–H groups in total. The lowest BCUT2D eigenvalue weighted by Crippen LogP contribution is -2.36. The number of rotatable bonds is 6. The van der Waals surface area contributed by atoms with Crippen LogP contribution in [0.1, 0.15) is 53.0 Å². The predicted octanol–water partition coefficient (Wildman–Crippen LogP) is 2.97. The van der Waals surface area contributed by atoms with Gasteiger partial charge in [0.1, 0.15) is 0 Å². The fourth-order valence-corrected chi connectivity index (χ4v) is 4.34. The van der Waals surface area contributed by atoms with Gasteiger partial charge in [0.15, 0.2) is 5.69 Å². The van der Waals surface area contributed by atoms with E-state index in [0.29, 0.717) is 24.8 Å². The zero-order chi connectivity index (χ0) is 17.8. The Labute approximate surface area is 153 Å². The van der Waals surface area contributed by atoms with Crippen LogP contribution in [0.15, 0.2) is 18.3 Å². The molecule has 25 heavy (non-hydrogen) atoms. The Balaban J connectivity index is 1.64. The third kappa shape index (κ3) is 4.27. The maximum atomic E-state index is 12.4. The van der Waals surface area contributed by atoms with Crippen molar-refractivity contribution in [1.29, 1.82) is 0 Å². The highest BCUT2D eigenvalue weighted by atomic mass is 32.1. The second kappa shape index (κ2) is 8.10. The van der Waals surface area contributed by atoms with Crippen molar-refractivity contribution in [2.75, 3.05) is 26.2 Å². The average molecular weight is 362 g/mol. The van der Waals surface area contributed by atoms with Crippen molar-refractivity contribution in [1.82, 2.24) is 24.8 Å². The van der Waals surface area contributed by atoms with E-state index in [1.54, 1.807) is 4.90 Å². The largest absolute Gasteiger partial charge is 0.338 e. The minimum atomic E-state index is -0.0297. The van der Waals surface area contributed by atoms with Crippen LogP contribution in [0.5, 0.6) is 0 Å². The lowest BCUT2D eigenvalue weighted by atomic mass is 10.1. The maximum Gasteiger partial charge on any atom is 0.276 e. The van der Waals surface area contributed by atoms with E-state index in [0.717, 1.165) is 32.5 Å². The van der Waals surface area contributed by atoms with Crippen LogP contribution in [-0.4, -0.2) is 56.9 Å². The molecule has 0 bridgehead atoms. The van der Waals surface area contributed by atoms with E-state index in [9.17, 15) is 4.79 Å². The summed E-state index contributed by atoms with van der Waals surface area (Å²) in [6, 6.07) is 4.70. The number of aryl methyl sites for hydroxylation is 1. The second-order valence-electron chi connectivity index (χ2n) is 6.60. The quantitative estimate of drug-likeness (QED) is 0.794. The normalized spacial score (nSPS) is 18.4. The number of piperidine rings is 1. The zero-order valence-electron chi connectivity index (χ0n) is 15.3. The van der Waals surface area contributed by atoms with E-state index in [1.807, 2.05) is 36.1 Å². The Morgan fingerprint density at radius 1 is 1.36 bits per heavy atom. The molecule has 1 aliphatic rings. The van der Waals surface area contributed by atoms with Gasteiger partial charge in [0.25, 0.3) is 5.91 Å². The van der Waals surface area contributed by atoms with Gasteiger partial charge in [0.05, 0.1) is 12.2 Å². The Bertz CT molecular complexity index is 706. The molecule has 0 aliphatic carbocycles.